The third-order valence-corrected chi connectivity index (χ3v) is 3.51. The molecule has 0 aromatic carbocycles. The van der Waals surface area contributed by atoms with Crippen molar-refractivity contribution in [2.45, 2.75) is 18.9 Å². The first kappa shape index (κ1) is 13.8. The molecule has 0 aliphatic carbocycles. The Hall–Kier alpha value is -2.15. The Balaban J connectivity index is 1.69. The standard InChI is InChI=1S/C13H16ClN7/c14-10-7-11(20-12(15)19-10)18-9-3-1-6-21(8-9)13-16-4-2-5-17-13/h2,4-5,7,9H,1,3,6,8H2,(H3,15,18,19,20)/t9-/m0/s1. The highest BCUT2D eigenvalue weighted by Crippen LogP contribution is 2.19. The molecule has 0 spiro atoms. The molecule has 3 N–H and O–H groups in total. The van der Waals surface area contributed by atoms with E-state index in [1.54, 1.807) is 18.5 Å². The molecule has 1 aliphatic heterocycles. The summed E-state index contributed by atoms with van der Waals surface area (Å²) in [6, 6.07) is 3.73. The van der Waals surface area contributed by atoms with Crippen molar-refractivity contribution in [1.82, 2.24) is 19.9 Å². The van der Waals surface area contributed by atoms with Crippen LogP contribution in [0.5, 0.6) is 0 Å². The first-order valence-corrected chi connectivity index (χ1v) is 7.17. The number of rotatable bonds is 3. The van der Waals surface area contributed by atoms with E-state index in [0.717, 1.165) is 31.9 Å². The summed E-state index contributed by atoms with van der Waals surface area (Å²) in [7, 11) is 0. The van der Waals surface area contributed by atoms with Crippen LogP contribution in [0, 0.1) is 0 Å². The fourth-order valence-electron chi connectivity index (χ4n) is 2.45. The number of nitrogen functional groups attached to an aromatic ring is 1. The van der Waals surface area contributed by atoms with Crippen molar-refractivity contribution >= 4 is 29.3 Å². The lowest BCUT2D eigenvalue weighted by molar-refractivity contribution is 0.521. The summed E-state index contributed by atoms with van der Waals surface area (Å²) in [6.07, 6.45) is 5.61. The van der Waals surface area contributed by atoms with Gasteiger partial charge in [-0.25, -0.2) is 15.0 Å². The van der Waals surface area contributed by atoms with Crippen LogP contribution >= 0.6 is 11.6 Å². The Morgan fingerprint density at radius 3 is 2.86 bits per heavy atom. The molecule has 21 heavy (non-hydrogen) atoms. The van der Waals surface area contributed by atoms with E-state index < -0.39 is 0 Å². The quantitative estimate of drug-likeness (QED) is 0.832. The molecule has 2 aromatic heterocycles. The van der Waals surface area contributed by atoms with Crippen molar-refractivity contribution in [2.24, 2.45) is 0 Å². The number of hydrogen-bond donors (Lipinski definition) is 2. The van der Waals surface area contributed by atoms with Gasteiger partial charge in [-0.2, -0.15) is 4.98 Å². The summed E-state index contributed by atoms with van der Waals surface area (Å²) in [6.45, 7) is 1.76. The molecule has 3 heterocycles. The Kier molecular flexibility index (Phi) is 4.01. The van der Waals surface area contributed by atoms with Crippen LogP contribution in [0.2, 0.25) is 5.15 Å². The van der Waals surface area contributed by atoms with Gasteiger partial charge in [-0.1, -0.05) is 11.6 Å². The van der Waals surface area contributed by atoms with Crippen LogP contribution in [0.25, 0.3) is 0 Å². The molecule has 8 heteroatoms. The third-order valence-electron chi connectivity index (χ3n) is 3.32. The normalized spacial score (nSPS) is 18.5. The van der Waals surface area contributed by atoms with Crippen LogP contribution in [-0.2, 0) is 0 Å². The Bertz CT molecular complexity index is 586. The number of halogens is 1. The predicted molar refractivity (Wildman–Crippen MR) is 82.3 cm³/mol. The molecule has 3 rings (SSSR count). The zero-order chi connectivity index (χ0) is 14.7. The van der Waals surface area contributed by atoms with Gasteiger partial charge in [0, 0.05) is 37.6 Å². The molecule has 0 amide bonds. The summed E-state index contributed by atoms with van der Waals surface area (Å²) >= 11 is 5.89. The third kappa shape index (κ3) is 3.49. The highest BCUT2D eigenvalue weighted by molar-refractivity contribution is 6.29. The molecule has 0 unspecified atom stereocenters. The second-order valence-corrected chi connectivity index (χ2v) is 5.30. The van der Waals surface area contributed by atoms with Crippen molar-refractivity contribution in [3.05, 3.63) is 29.7 Å². The minimum Gasteiger partial charge on any atom is -0.368 e. The van der Waals surface area contributed by atoms with Crippen molar-refractivity contribution in [3.8, 4) is 0 Å². The Morgan fingerprint density at radius 1 is 1.29 bits per heavy atom. The second-order valence-electron chi connectivity index (χ2n) is 4.91. The van der Waals surface area contributed by atoms with Crippen LogP contribution in [0.15, 0.2) is 24.5 Å². The predicted octanol–water partition coefficient (Wildman–Crippen LogP) is 1.58. The maximum atomic E-state index is 5.89. The largest absolute Gasteiger partial charge is 0.368 e. The zero-order valence-corrected chi connectivity index (χ0v) is 12.2. The van der Waals surface area contributed by atoms with Gasteiger partial charge in [-0.3, -0.25) is 0 Å². The monoisotopic (exact) mass is 305 g/mol. The SMILES string of the molecule is Nc1nc(Cl)cc(N[C@H]2CCCN(c3ncccn3)C2)n1. The molecule has 0 bridgehead atoms. The van der Waals surface area contributed by atoms with Crippen LogP contribution in [0.1, 0.15) is 12.8 Å². The summed E-state index contributed by atoms with van der Waals surface area (Å²) in [5.74, 6) is 1.57. The Labute approximate surface area is 127 Å². The smallest absolute Gasteiger partial charge is 0.225 e. The van der Waals surface area contributed by atoms with Gasteiger partial charge in [0.2, 0.25) is 11.9 Å². The average Bonchev–Trinajstić information content (AvgIpc) is 2.47. The maximum Gasteiger partial charge on any atom is 0.225 e. The number of nitrogens with zero attached hydrogens (tertiary/aromatic N) is 5. The number of nitrogens with two attached hydrogens (primary N) is 1. The number of hydrogen-bond acceptors (Lipinski definition) is 7. The molecule has 1 fully saturated rings. The van der Waals surface area contributed by atoms with Gasteiger partial charge in [-0.15, -0.1) is 0 Å². The minimum absolute atomic E-state index is 0.170. The van der Waals surface area contributed by atoms with E-state index in [-0.39, 0.29) is 12.0 Å². The molecule has 0 radical (unpaired) electrons. The van der Waals surface area contributed by atoms with Crippen LogP contribution < -0.4 is 16.0 Å². The summed E-state index contributed by atoms with van der Waals surface area (Å²) in [5.41, 5.74) is 5.61. The molecule has 7 nitrogen and oxygen atoms in total. The topological polar surface area (TPSA) is 92.8 Å². The lowest BCUT2D eigenvalue weighted by Crippen LogP contribution is -2.43. The van der Waals surface area contributed by atoms with Gasteiger partial charge < -0.3 is 16.0 Å². The second kappa shape index (κ2) is 6.09. The van der Waals surface area contributed by atoms with Crippen LogP contribution in [-0.4, -0.2) is 39.1 Å². The average molecular weight is 306 g/mol. The van der Waals surface area contributed by atoms with Crippen molar-refractivity contribution in [3.63, 3.8) is 0 Å². The van der Waals surface area contributed by atoms with E-state index in [1.807, 2.05) is 6.07 Å². The van der Waals surface area contributed by atoms with Crippen LogP contribution in [0.4, 0.5) is 17.7 Å². The lowest BCUT2D eigenvalue weighted by Gasteiger charge is -2.33. The summed E-state index contributed by atoms with van der Waals surface area (Å²) in [5, 5.41) is 3.69. The molecular weight excluding hydrogens is 290 g/mol. The first-order valence-electron chi connectivity index (χ1n) is 6.79. The number of nitrogens with one attached hydrogen (secondary N) is 1. The number of piperidine rings is 1. The van der Waals surface area contributed by atoms with E-state index in [9.17, 15) is 0 Å². The van der Waals surface area contributed by atoms with Gasteiger partial charge in [-0.05, 0) is 18.9 Å². The van der Waals surface area contributed by atoms with Gasteiger partial charge in [0.05, 0.1) is 0 Å². The van der Waals surface area contributed by atoms with Gasteiger partial charge in [0.25, 0.3) is 0 Å². The number of aromatic nitrogens is 4. The molecule has 0 saturated carbocycles. The van der Waals surface area contributed by atoms with E-state index in [2.05, 4.69) is 30.2 Å². The Morgan fingerprint density at radius 2 is 2.10 bits per heavy atom. The van der Waals surface area contributed by atoms with Gasteiger partial charge >= 0.3 is 0 Å². The molecular formula is C13H16ClN7. The molecule has 1 atom stereocenters. The first-order chi connectivity index (χ1) is 10.2. The van der Waals surface area contributed by atoms with Crippen molar-refractivity contribution < 1.29 is 0 Å². The fraction of sp³-hybridized carbons (Fsp3) is 0.385. The fourth-order valence-corrected chi connectivity index (χ4v) is 2.64. The van der Waals surface area contributed by atoms with E-state index in [0.29, 0.717) is 11.0 Å². The molecule has 2 aromatic rings. The van der Waals surface area contributed by atoms with Crippen molar-refractivity contribution in [2.75, 3.05) is 29.0 Å². The maximum absolute atomic E-state index is 5.89. The zero-order valence-electron chi connectivity index (χ0n) is 11.4. The highest BCUT2D eigenvalue weighted by atomic mass is 35.5. The van der Waals surface area contributed by atoms with E-state index in [1.165, 1.54) is 0 Å². The minimum atomic E-state index is 0.170. The molecule has 1 saturated heterocycles. The summed E-state index contributed by atoms with van der Waals surface area (Å²) < 4.78 is 0. The van der Waals surface area contributed by atoms with Gasteiger partial charge in [0.1, 0.15) is 11.0 Å². The van der Waals surface area contributed by atoms with Gasteiger partial charge in [0.15, 0.2) is 0 Å². The summed E-state index contributed by atoms with van der Waals surface area (Å²) in [4.78, 5) is 18.7. The van der Waals surface area contributed by atoms with Crippen molar-refractivity contribution in [1.29, 1.82) is 0 Å². The van der Waals surface area contributed by atoms with Crippen LogP contribution in [0.3, 0.4) is 0 Å². The lowest BCUT2D eigenvalue weighted by atomic mass is 10.1. The number of anilines is 3. The highest BCUT2D eigenvalue weighted by Gasteiger charge is 2.22. The molecule has 110 valence electrons. The van der Waals surface area contributed by atoms with E-state index >= 15 is 0 Å². The molecule has 1 aliphatic rings. The van der Waals surface area contributed by atoms with E-state index in [4.69, 9.17) is 17.3 Å².